The van der Waals surface area contributed by atoms with Gasteiger partial charge < -0.3 is 10.4 Å². The van der Waals surface area contributed by atoms with E-state index in [9.17, 15) is 5.11 Å². The lowest BCUT2D eigenvalue weighted by Crippen LogP contribution is -2.43. The summed E-state index contributed by atoms with van der Waals surface area (Å²) in [7, 11) is 0. The number of hydrogen-bond acceptors (Lipinski definition) is 2. The summed E-state index contributed by atoms with van der Waals surface area (Å²) in [5.74, 6) is 0.620. The van der Waals surface area contributed by atoms with Crippen molar-refractivity contribution in [2.24, 2.45) is 5.92 Å². The van der Waals surface area contributed by atoms with Crippen molar-refractivity contribution in [1.82, 2.24) is 5.32 Å². The van der Waals surface area contributed by atoms with Crippen LogP contribution in [0.25, 0.3) is 0 Å². The lowest BCUT2D eigenvalue weighted by atomic mass is 9.79. The summed E-state index contributed by atoms with van der Waals surface area (Å²) in [6.45, 7) is 3.55. The maximum absolute atomic E-state index is 10.5. The van der Waals surface area contributed by atoms with E-state index in [0.29, 0.717) is 19.0 Å². The van der Waals surface area contributed by atoms with E-state index >= 15 is 0 Å². The van der Waals surface area contributed by atoms with Crippen molar-refractivity contribution in [3.05, 3.63) is 33.3 Å². The molecule has 4 heteroatoms. The van der Waals surface area contributed by atoms with Crippen LogP contribution in [-0.4, -0.2) is 17.3 Å². The van der Waals surface area contributed by atoms with Crippen LogP contribution in [0.15, 0.2) is 22.7 Å². The van der Waals surface area contributed by atoms with Crippen LogP contribution in [0.1, 0.15) is 38.2 Å². The maximum atomic E-state index is 10.5. The molecule has 0 amide bonds. The minimum atomic E-state index is -0.545. The van der Waals surface area contributed by atoms with Crippen molar-refractivity contribution in [3.63, 3.8) is 0 Å². The Bertz CT molecular complexity index is 440. The second-order valence-electron chi connectivity index (χ2n) is 5.77. The number of hydrogen-bond donors (Lipinski definition) is 2. The van der Waals surface area contributed by atoms with Crippen LogP contribution in [0, 0.1) is 5.92 Å². The van der Waals surface area contributed by atoms with E-state index in [1.807, 2.05) is 18.2 Å². The smallest absolute Gasteiger partial charge is 0.0774 e. The highest BCUT2D eigenvalue weighted by molar-refractivity contribution is 9.10. The van der Waals surface area contributed by atoms with Crippen LogP contribution in [-0.2, 0) is 6.54 Å². The molecule has 0 radical (unpaired) electrons. The fourth-order valence-corrected chi connectivity index (χ4v) is 3.49. The Morgan fingerprint density at radius 2 is 2.32 bits per heavy atom. The third-order valence-corrected chi connectivity index (χ3v) is 4.71. The van der Waals surface area contributed by atoms with E-state index in [0.717, 1.165) is 34.3 Å². The minimum Gasteiger partial charge on any atom is -0.389 e. The number of rotatable bonds is 4. The zero-order valence-electron chi connectivity index (χ0n) is 11.3. The number of benzene rings is 1. The van der Waals surface area contributed by atoms with Crippen molar-refractivity contribution >= 4 is 27.5 Å². The maximum Gasteiger partial charge on any atom is 0.0774 e. The molecule has 0 saturated heterocycles. The molecular weight excluding hydrogens is 326 g/mol. The number of nitrogens with one attached hydrogen (secondary N) is 1. The molecule has 1 aromatic rings. The minimum absolute atomic E-state index is 0.545. The molecule has 1 fully saturated rings. The van der Waals surface area contributed by atoms with Gasteiger partial charge in [-0.2, -0.15) is 0 Å². The van der Waals surface area contributed by atoms with Gasteiger partial charge in [-0.3, -0.25) is 0 Å². The summed E-state index contributed by atoms with van der Waals surface area (Å²) in [5, 5.41) is 14.6. The second-order valence-corrected chi connectivity index (χ2v) is 7.09. The van der Waals surface area contributed by atoms with Crippen molar-refractivity contribution in [2.45, 2.75) is 44.8 Å². The molecule has 19 heavy (non-hydrogen) atoms. The molecule has 1 aromatic carbocycles. The number of halogens is 2. The molecule has 0 bridgehead atoms. The van der Waals surface area contributed by atoms with Gasteiger partial charge in [-0.15, -0.1) is 0 Å². The van der Waals surface area contributed by atoms with Gasteiger partial charge in [-0.05, 0) is 42.5 Å². The summed E-state index contributed by atoms with van der Waals surface area (Å²) >= 11 is 9.60. The van der Waals surface area contributed by atoms with Crippen molar-refractivity contribution in [2.75, 3.05) is 6.54 Å². The van der Waals surface area contributed by atoms with Gasteiger partial charge in [-0.1, -0.05) is 47.3 Å². The summed E-state index contributed by atoms with van der Waals surface area (Å²) in [4.78, 5) is 0. The van der Waals surface area contributed by atoms with Gasteiger partial charge in [0.05, 0.1) is 5.60 Å². The standard InChI is InChI=1S/C15H21BrClNO/c1-11-3-2-6-15(19,8-11)10-18-9-12-7-13(16)4-5-14(12)17/h4-5,7,11,18-19H,2-3,6,8-10H2,1H3. The lowest BCUT2D eigenvalue weighted by molar-refractivity contribution is -0.0119. The summed E-state index contributed by atoms with van der Waals surface area (Å²) in [5.41, 5.74) is 0.513. The predicted octanol–water partition coefficient (Wildman–Crippen LogP) is 4.13. The molecule has 0 aromatic heterocycles. The Hall–Kier alpha value is -0.0900. The molecule has 2 nitrogen and oxygen atoms in total. The van der Waals surface area contributed by atoms with Crippen LogP contribution in [0.5, 0.6) is 0 Å². The largest absolute Gasteiger partial charge is 0.389 e. The first-order chi connectivity index (χ1) is 8.98. The van der Waals surface area contributed by atoms with E-state index in [4.69, 9.17) is 11.6 Å². The van der Waals surface area contributed by atoms with Crippen molar-refractivity contribution in [1.29, 1.82) is 0 Å². The molecule has 0 heterocycles. The third-order valence-electron chi connectivity index (χ3n) is 3.84. The molecule has 0 spiro atoms. The van der Waals surface area contributed by atoms with Gasteiger partial charge >= 0.3 is 0 Å². The molecule has 2 N–H and O–H groups in total. The first kappa shape index (κ1) is 15.3. The fourth-order valence-electron chi connectivity index (χ4n) is 2.90. The molecule has 2 rings (SSSR count). The lowest BCUT2D eigenvalue weighted by Gasteiger charge is -2.35. The van der Waals surface area contributed by atoms with Crippen LogP contribution >= 0.6 is 27.5 Å². The second kappa shape index (κ2) is 6.57. The van der Waals surface area contributed by atoms with E-state index in [2.05, 4.69) is 28.2 Å². The fraction of sp³-hybridized carbons (Fsp3) is 0.600. The first-order valence-electron chi connectivity index (χ1n) is 6.85. The van der Waals surface area contributed by atoms with Crippen molar-refractivity contribution < 1.29 is 5.11 Å². The molecule has 2 atom stereocenters. The quantitative estimate of drug-likeness (QED) is 0.859. The van der Waals surface area contributed by atoms with E-state index in [1.165, 1.54) is 6.42 Å². The molecule has 1 aliphatic carbocycles. The van der Waals surface area contributed by atoms with Crippen LogP contribution in [0.4, 0.5) is 0 Å². The zero-order valence-corrected chi connectivity index (χ0v) is 13.6. The SMILES string of the molecule is CC1CCCC(O)(CNCc2cc(Br)ccc2Cl)C1. The van der Waals surface area contributed by atoms with Crippen LogP contribution in [0.2, 0.25) is 5.02 Å². The van der Waals surface area contributed by atoms with Gasteiger partial charge in [0.1, 0.15) is 0 Å². The topological polar surface area (TPSA) is 32.3 Å². The predicted molar refractivity (Wildman–Crippen MR) is 83.4 cm³/mol. The highest BCUT2D eigenvalue weighted by atomic mass is 79.9. The van der Waals surface area contributed by atoms with Gasteiger partial charge in [0.25, 0.3) is 0 Å². The van der Waals surface area contributed by atoms with Gasteiger partial charge in [0.15, 0.2) is 0 Å². The third kappa shape index (κ3) is 4.45. The normalized spacial score (nSPS) is 27.5. The summed E-state index contributed by atoms with van der Waals surface area (Å²) in [6.07, 6.45) is 4.15. The summed E-state index contributed by atoms with van der Waals surface area (Å²) < 4.78 is 1.03. The Balaban J connectivity index is 1.87. The van der Waals surface area contributed by atoms with Gasteiger partial charge in [0, 0.05) is 22.6 Å². The van der Waals surface area contributed by atoms with Crippen LogP contribution < -0.4 is 5.32 Å². The van der Waals surface area contributed by atoms with E-state index in [-0.39, 0.29) is 0 Å². The highest BCUT2D eigenvalue weighted by Gasteiger charge is 2.31. The summed E-state index contributed by atoms with van der Waals surface area (Å²) in [6, 6.07) is 5.84. The first-order valence-corrected chi connectivity index (χ1v) is 8.03. The molecule has 106 valence electrons. The average Bonchev–Trinajstić information content (AvgIpc) is 2.33. The zero-order chi connectivity index (χ0) is 13.9. The van der Waals surface area contributed by atoms with Crippen molar-refractivity contribution in [3.8, 4) is 0 Å². The number of aliphatic hydroxyl groups is 1. The highest BCUT2D eigenvalue weighted by Crippen LogP contribution is 2.31. The van der Waals surface area contributed by atoms with Gasteiger partial charge in [-0.25, -0.2) is 0 Å². The van der Waals surface area contributed by atoms with Crippen LogP contribution in [0.3, 0.4) is 0 Å². The molecule has 1 saturated carbocycles. The molecule has 0 aliphatic heterocycles. The molecule has 1 aliphatic rings. The molecular formula is C15H21BrClNO. The Morgan fingerprint density at radius 3 is 3.05 bits per heavy atom. The Labute approximate surface area is 128 Å². The van der Waals surface area contributed by atoms with E-state index < -0.39 is 5.60 Å². The average molecular weight is 347 g/mol. The monoisotopic (exact) mass is 345 g/mol. The molecule has 2 unspecified atom stereocenters. The Kier molecular flexibility index (Phi) is 5.29. The van der Waals surface area contributed by atoms with Gasteiger partial charge in [0.2, 0.25) is 0 Å². The van der Waals surface area contributed by atoms with E-state index in [1.54, 1.807) is 0 Å². The Morgan fingerprint density at radius 1 is 1.53 bits per heavy atom.